The molecule has 0 saturated carbocycles. The molecule has 0 aliphatic carbocycles. The van der Waals surface area contributed by atoms with Crippen molar-refractivity contribution in [3.8, 4) is 0 Å². The molecule has 0 unspecified atom stereocenters. The van der Waals surface area contributed by atoms with Crippen LogP contribution >= 0.6 is 11.6 Å². The molecule has 1 heterocycles. The van der Waals surface area contributed by atoms with Gasteiger partial charge in [0.2, 0.25) is 5.95 Å². The van der Waals surface area contributed by atoms with Gasteiger partial charge >= 0.3 is 0 Å². The summed E-state index contributed by atoms with van der Waals surface area (Å²) in [5, 5.41) is 3.73. The average molecular weight is 237 g/mol. The highest BCUT2D eigenvalue weighted by Gasteiger charge is 1.99. The second-order valence-electron chi connectivity index (χ2n) is 3.46. The van der Waals surface area contributed by atoms with Crippen molar-refractivity contribution in [2.45, 2.75) is 6.92 Å². The number of nitrogens with zero attached hydrogens (tertiary/aromatic N) is 1. The second-order valence-corrected chi connectivity index (χ2v) is 3.86. The first-order chi connectivity index (χ1) is 7.65. The van der Waals surface area contributed by atoms with Crippen LogP contribution in [-0.2, 0) is 0 Å². The van der Waals surface area contributed by atoms with E-state index in [2.05, 4.69) is 10.3 Å². The molecule has 0 radical (unpaired) electrons. The number of hydrogen-bond donors (Lipinski definition) is 1. The molecule has 0 fully saturated rings. The van der Waals surface area contributed by atoms with Gasteiger partial charge < -0.3 is 5.32 Å². The van der Waals surface area contributed by atoms with Gasteiger partial charge in [-0.05, 0) is 30.7 Å². The molecule has 1 N–H and O–H groups in total. The number of aryl methyl sites for hydroxylation is 1. The minimum Gasteiger partial charge on any atom is -0.355 e. The van der Waals surface area contributed by atoms with Gasteiger partial charge in [0.05, 0.1) is 0 Å². The number of aromatic nitrogens is 1. The summed E-state index contributed by atoms with van der Waals surface area (Å²) in [5.74, 6) is -0.511. The van der Waals surface area contributed by atoms with E-state index in [0.29, 0.717) is 10.7 Å². The van der Waals surface area contributed by atoms with Crippen LogP contribution in [0.3, 0.4) is 0 Å². The SMILES string of the molecule is Cc1ccc(Nc2ccnc(F)c2)cc1Cl. The molecule has 2 nitrogen and oxygen atoms in total. The van der Waals surface area contributed by atoms with E-state index in [9.17, 15) is 4.39 Å². The molecule has 0 aliphatic rings. The molecule has 2 rings (SSSR count). The number of benzene rings is 1. The Balaban J connectivity index is 2.24. The minimum atomic E-state index is -0.511. The third kappa shape index (κ3) is 2.49. The predicted octanol–water partition coefficient (Wildman–Crippen LogP) is 3.93. The summed E-state index contributed by atoms with van der Waals surface area (Å²) in [7, 11) is 0. The summed E-state index contributed by atoms with van der Waals surface area (Å²) >= 11 is 5.98. The van der Waals surface area contributed by atoms with Crippen molar-refractivity contribution in [3.63, 3.8) is 0 Å². The Kier molecular flexibility index (Phi) is 3.06. The molecule has 2 aromatic rings. The highest BCUT2D eigenvalue weighted by molar-refractivity contribution is 6.31. The third-order valence-corrected chi connectivity index (χ3v) is 2.59. The highest BCUT2D eigenvalue weighted by Crippen LogP contribution is 2.22. The Bertz CT molecular complexity index is 514. The number of halogens is 2. The predicted molar refractivity (Wildman–Crippen MR) is 63.7 cm³/mol. The molecule has 0 atom stereocenters. The highest BCUT2D eigenvalue weighted by atomic mass is 35.5. The lowest BCUT2D eigenvalue weighted by atomic mass is 10.2. The molecular weight excluding hydrogens is 227 g/mol. The first-order valence-electron chi connectivity index (χ1n) is 4.80. The van der Waals surface area contributed by atoms with E-state index in [-0.39, 0.29) is 0 Å². The molecule has 82 valence electrons. The topological polar surface area (TPSA) is 24.9 Å². The zero-order valence-corrected chi connectivity index (χ0v) is 9.42. The summed E-state index contributed by atoms with van der Waals surface area (Å²) in [6.45, 7) is 1.93. The zero-order chi connectivity index (χ0) is 11.5. The Morgan fingerprint density at radius 1 is 1.19 bits per heavy atom. The fourth-order valence-electron chi connectivity index (χ4n) is 1.32. The molecule has 16 heavy (non-hydrogen) atoms. The van der Waals surface area contributed by atoms with Gasteiger partial charge in [0.15, 0.2) is 0 Å². The van der Waals surface area contributed by atoms with Gasteiger partial charge in [-0.3, -0.25) is 0 Å². The van der Waals surface area contributed by atoms with Crippen molar-refractivity contribution in [2.24, 2.45) is 0 Å². The molecule has 1 aromatic carbocycles. The van der Waals surface area contributed by atoms with Crippen LogP contribution in [0.4, 0.5) is 15.8 Å². The Labute approximate surface area is 98.1 Å². The number of hydrogen-bond acceptors (Lipinski definition) is 2. The van der Waals surface area contributed by atoms with Gasteiger partial charge in [0.25, 0.3) is 0 Å². The molecular formula is C12H10ClFN2. The van der Waals surface area contributed by atoms with Gasteiger partial charge in [-0.1, -0.05) is 17.7 Å². The van der Waals surface area contributed by atoms with Gasteiger partial charge in [0, 0.05) is 28.7 Å². The maximum atomic E-state index is 12.8. The Morgan fingerprint density at radius 2 is 1.94 bits per heavy atom. The normalized spacial score (nSPS) is 10.2. The van der Waals surface area contributed by atoms with E-state index in [4.69, 9.17) is 11.6 Å². The summed E-state index contributed by atoms with van der Waals surface area (Å²) in [4.78, 5) is 3.48. The minimum absolute atomic E-state index is 0.511. The smallest absolute Gasteiger partial charge is 0.214 e. The van der Waals surface area contributed by atoms with Crippen molar-refractivity contribution >= 4 is 23.0 Å². The van der Waals surface area contributed by atoms with E-state index in [1.165, 1.54) is 12.3 Å². The van der Waals surface area contributed by atoms with Gasteiger partial charge in [-0.2, -0.15) is 4.39 Å². The fraction of sp³-hybridized carbons (Fsp3) is 0.0833. The second kappa shape index (κ2) is 4.49. The molecule has 0 spiro atoms. The van der Waals surface area contributed by atoms with Gasteiger partial charge in [-0.15, -0.1) is 0 Å². The van der Waals surface area contributed by atoms with Crippen molar-refractivity contribution < 1.29 is 4.39 Å². The Morgan fingerprint density at radius 3 is 2.62 bits per heavy atom. The number of anilines is 2. The number of rotatable bonds is 2. The van der Waals surface area contributed by atoms with Crippen LogP contribution in [-0.4, -0.2) is 4.98 Å². The number of pyridine rings is 1. The summed E-state index contributed by atoms with van der Waals surface area (Å²) in [6, 6.07) is 8.61. The lowest BCUT2D eigenvalue weighted by Crippen LogP contribution is -1.92. The largest absolute Gasteiger partial charge is 0.355 e. The first-order valence-corrected chi connectivity index (χ1v) is 5.18. The van der Waals surface area contributed by atoms with Crippen LogP contribution in [0.1, 0.15) is 5.56 Å². The van der Waals surface area contributed by atoms with Crippen LogP contribution in [0.25, 0.3) is 0 Å². The standard InChI is InChI=1S/C12H10ClFN2/c1-8-2-3-9(6-11(8)13)16-10-4-5-15-12(14)7-10/h2-7H,1H3,(H,15,16). The molecule has 0 aliphatic heterocycles. The van der Waals surface area contributed by atoms with Crippen LogP contribution in [0.15, 0.2) is 36.5 Å². The van der Waals surface area contributed by atoms with E-state index >= 15 is 0 Å². The third-order valence-electron chi connectivity index (χ3n) is 2.19. The Hall–Kier alpha value is -1.61. The summed E-state index contributed by atoms with van der Waals surface area (Å²) < 4.78 is 12.8. The van der Waals surface area contributed by atoms with Crippen LogP contribution in [0, 0.1) is 12.9 Å². The molecule has 0 bridgehead atoms. The quantitative estimate of drug-likeness (QED) is 0.800. The first kappa shape index (κ1) is 10.9. The van der Waals surface area contributed by atoms with Crippen LogP contribution in [0.5, 0.6) is 0 Å². The summed E-state index contributed by atoms with van der Waals surface area (Å²) in [6.07, 6.45) is 1.41. The van der Waals surface area contributed by atoms with Crippen molar-refractivity contribution in [2.75, 3.05) is 5.32 Å². The average Bonchev–Trinajstić information content (AvgIpc) is 2.24. The van der Waals surface area contributed by atoms with Crippen LogP contribution < -0.4 is 5.32 Å². The monoisotopic (exact) mass is 236 g/mol. The lowest BCUT2D eigenvalue weighted by molar-refractivity contribution is 0.584. The van der Waals surface area contributed by atoms with Crippen molar-refractivity contribution in [1.82, 2.24) is 4.98 Å². The molecule has 1 aromatic heterocycles. The van der Waals surface area contributed by atoms with E-state index in [0.717, 1.165) is 11.3 Å². The summed E-state index contributed by atoms with van der Waals surface area (Å²) in [5.41, 5.74) is 2.47. The molecule has 4 heteroatoms. The zero-order valence-electron chi connectivity index (χ0n) is 8.67. The number of nitrogens with one attached hydrogen (secondary N) is 1. The molecule has 0 amide bonds. The van der Waals surface area contributed by atoms with E-state index < -0.39 is 5.95 Å². The molecule has 0 saturated heterocycles. The maximum Gasteiger partial charge on any atom is 0.214 e. The van der Waals surface area contributed by atoms with E-state index in [1.54, 1.807) is 12.1 Å². The van der Waals surface area contributed by atoms with Gasteiger partial charge in [0.1, 0.15) is 0 Å². The van der Waals surface area contributed by atoms with Crippen molar-refractivity contribution in [1.29, 1.82) is 0 Å². The van der Waals surface area contributed by atoms with Crippen molar-refractivity contribution in [3.05, 3.63) is 53.1 Å². The van der Waals surface area contributed by atoms with Gasteiger partial charge in [-0.25, -0.2) is 4.98 Å². The maximum absolute atomic E-state index is 12.8. The lowest BCUT2D eigenvalue weighted by Gasteiger charge is -2.07. The fourth-order valence-corrected chi connectivity index (χ4v) is 1.50. The van der Waals surface area contributed by atoms with Crippen LogP contribution in [0.2, 0.25) is 5.02 Å². The van der Waals surface area contributed by atoms with E-state index in [1.807, 2.05) is 19.1 Å².